The molecule has 35 heavy (non-hydrogen) atoms. The normalized spacial score (nSPS) is 17.8. The zero-order valence-corrected chi connectivity index (χ0v) is 21.4. The number of rotatable bonds is 7. The summed E-state index contributed by atoms with van der Waals surface area (Å²) >= 11 is 0. The van der Waals surface area contributed by atoms with Gasteiger partial charge in [-0.15, -0.1) is 0 Å². The van der Waals surface area contributed by atoms with Gasteiger partial charge < -0.3 is 9.64 Å². The van der Waals surface area contributed by atoms with E-state index in [1.165, 1.54) is 52.8 Å². The van der Waals surface area contributed by atoms with Crippen molar-refractivity contribution < 1.29 is 4.74 Å². The highest BCUT2D eigenvalue weighted by atomic mass is 16.5. The standard InChI is InChI=1S/C32H38N2O/c1-24(2)33-20-22-34(23-21-33)29-16-12-27(13-17-29)32(28-14-18-30(35-3)19-15-28)31(26-10-7-11-26)25-8-5-4-6-9-25/h4-6,8-9,12-19,24,26H,7,10-11,20-23H2,1-3H3/b32-31-. The molecule has 0 unspecified atom stereocenters. The molecule has 2 aliphatic rings. The molecule has 0 bridgehead atoms. The number of hydrogen-bond acceptors (Lipinski definition) is 3. The Kier molecular flexibility index (Phi) is 7.24. The number of benzene rings is 3. The molecule has 0 N–H and O–H groups in total. The Hall–Kier alpha value is -3.04. The molecule has 1 saturated heterocycles. The summed E-state index contributed by atoms with van der Waals surface area (Å²) in [6.45, 7) is 9.05. The minimum atomic E-state index is 0.610. The molecule has 0 radical (unpaired) electrons. The molecule has 1 saturated carbocycles. The van der Waals surface area contributed by atoms with E-state index in [2.05, 4.69) is 103 Å². The second kappa shape index (κ2) is 10.7. The van der Waals surface area contributed by atoms with Gasteiger partial charge in [-0.25, -0.2) is 0 Å². The Morgan fingerprint density at radius 3 is 1.86 bits per heavy atom. The van der Waals surface area contributed by atoms with Crippen LogP contribution >= 0.6 is 0 Å². The second-order valence-electron chi connectivity index (χ2n) is 10.2. The fraction of sp³-hybridized carbons (Fsp3) is 0.375. The van der Waals surface area contributed by atoms with E-state index in [9.17, 15) is 0 Å². The number of ether oxygens (including phenoxy) is 1. The summed E-state index contributed by atoms with van der Waals surface area (Å²) in [5.74, 6) is 1.51. The fourth-order valence-electron chi connectivity index (χ4n) is 5.47. The molecule has 3 aromatic rings. The molecule has 0 spiro atoms. The van der Waals surface area contributed by atoms with Crippen molar-refractivity contribution in [3.05, 3.63) is 95.6 Å². The maximum atomic E-state index is 5.46. The smallest absolute Gasteiger partial charge is 0.118 e. The zero-order chi connectivity index (χ0) is 24.2. The van der Waals surface area contributed by atoms with Gasteiger partial charge in [0.2, 0.25) is 0 Å². The van der Waals surface area contributed by atoms with Gasteiger partial charge in [0, 0.05) is 37.9 Å². The van der Waals surface area contributed by atoms with E-state index in [0.717, 1.165) is 31.9 Å². The third-order valence-electron chi connectivity index (χ3n) is 7.81. The van der Waals surface area contributed by atoms with Gasteiger partial charge in [0.15, 0.2) is 0 Å². The lowest BCUT2D eigenvalue weighted by Crippen LogP contribution is -2.48. The highest BCUT2D eigenvalue weighted by Crippen LogP contribution is 2.45. The van der Waals surface area contributed by atoms with Crippen molar-refractivity contribution in [2.24, 2.45) is 5.92 Å². The van der Waals surface area contributed by atoms with Crippen molar-refractivity contribution in [2.75, 3.05) is 38.2 Å². The molecule has 1 aliphatic carbocycles. The summed E-state index contributed by atoms with van der Waals surface area (Å²) in [5.41, 5.74) is 8.08. The molecule has 182 valence electrons. The Morgan fingerprint density at radius 1 is 0.743 bits per heavy atom. The molecule has 3 aromatic carbocycles. The van der Waals surface area contributed by atoms with E-state index in [1.807, 2.05) is 0 Å². The van der Waals surface area contributed by atoms with E-state index >= 15 is 0 Å². The number of allylic oxidation sites excluding steroid dienone is 1. The summed E-state index contributed by atoms with van der Waals surface area (Å²) in [6, 6.07) is 29.6. The highest BCUT2D eigenvalue weighted by molar-refractivity contribution is 5.99. The van der Waals surface area contributed by atoms with Crippen molar-refractivity contribution in [2.45, 2.75) is 39.2 Å². The van der Waals surface area contributed by atoms with Crippen LogP contribution in [0.25, 0.3) is 11.1 Å². The first-order valence-electron chi connectivity index (χ1n) is 13.2. The number of piperazine rings is 1. The summed E-state index contributed by atoms with van der Waals surface area (Å²) in [5, 5.41) is 0. The average Bonchev–Trinajstić information content (AvgIpc) is 2.88. The lowest BCUT2D eigenvalue weighted by molar-refractivity contribution is 0.209. The van der Waals surface area contributed by atoms with Gasteiger partial charge in [-0.3, -0.25) is 4.90 Å². The maximum Gasteiger partial charge on any atom is 0.118 e. The van der Waals surface area contributed by atoms with Gasteiger partial charge in [0.1, 0.15) is 5.75 Å². The summed E-state index contributed by atoms with van der Waals surface area (Å²) in [7, 11) is 1.73. The minimum Gasteiger partial charge on any atom is -0.497 e. The van der Waals surface area contributed by atoms with Crippen LogP contribution < -0.4 is 9.64 Å². The van der Waals surface area contributed by atoms with Gasteiger partial charge in [0.05, 0.1) is 7.11 Å². The van der Waals surface area contributed by atoms with E-state index in [-0.39, 0.29) is 0 Å². The van der Waals surface area contributed by atoms with Gasteiger partial charge in [-0.05, 0) is 84.7 Å². The molecule has 3 heteroatoms. The third kappa shape index (κ3) is 5.16. The summed E-state index contributed by atoms with van der Waals surface area (Å²) < 4.78 is 5.46. The Labute approximate surface area is 211 Å². The third-order valence-corrected chi connectivity index (χ3v) is 7.81. The van der Waals surface area contributed by atoms with Gasteiger partial charge >= 0.3 is 0 Å². The lowest BCUT2D eigenvalue weighted by Gasteiger charge is -2.38. The number of nitrogens with zero attached hydrogens (tertiary/aromatic N) is 2. The monoisotopic (exact) mass is 466 g/mol. The molecular weight excluding hydrogens is 428 g/mol. The highest BCUT2D eigenvalue weighted by Gasteiger charge is 2.27. The van der Waals surface area contributed by atoms with Crippen LogP contribution in [-0.4, -0.2) is 44.2 Å². The lowest BCUT2D eigenvalue weighted by atomic mass is 9.73. The molecule has 5 rings (SSSR count). The van der Waals surface area contributed by atoms with Crippen molar-refractivity contribution >= 4 is 16.8 Å². The van der Waals surface area contributed by atoms with E-state index in [0.29, 0.717) is 12.0 Å². The Morgan fingerprint density at radius 2 is 1.34 bits per heavy atom. The van der Waals surface area contributed by atoms with E-state index in [4.69, 9.17) is 4.74 Å². The molecular formula is C32H38N2O. The van der Waals surface area contributed by atoms with Crippen LogP contribution in [-0.2, 0) is 0 Å². The van der Waals surface area contributed by atoms with Crippen LogP contribution in [0.5, 0.6) is 5.75 Å². The van der Waals surface area contributed by atoms with Crippen molar-refractivity contribution in [3.63, 3.8) is 0 Å². The molecule has 0 amide bonds. The minimum absolute atomic E-state index is 0.610. The van der Waals surface area contributed by atoms with Gasteiger partial charge in [0.25, 0.3) is 0 Å². The predicted molar refractivity (Wildman–Crippen MR) is 148 cm³/mol. The zero-order valence-electron chi connectivity index (χ0n) is 21.4. The van der Waals surface area contributed by atoms with Gasteiger partial charge in [-0.2, -0.15) is 0 Å². The quantitative estimate of drug-likeness (QED) is 0.349. The molecule has 0 aromatic heterocycles. The second-order valence-corrected chi connectivity index (χ2v) is 10.2. The topological polar surface area (TPSA) is 15.7 Å². The van der Waals surface area contributed by atoms with Gasteiger partial charge in [-0.1, -0.05) is 61.0 Å². The first-order chi connectivity index (χ1) is 17.1. The largest absolute Gasteiger partial charge is 0.497 e. The fourth-order valence-corrected chi connectivity index (χ4v) is 5.47. The van der Waals surface area contributed by atoms with E-state index in [1.54, 1.807) is 7.11 Å². The van der Waals surface area contributed by atoms with Crippen LogP contribution in [0.4, 0.5) is 5.69 Å². The SMILES string of the molecule is COc1ccc(/C(=C(/c2ccccc2)C2CCC2)c2ccc(N3CCN(C(C)C)CC3)cc2)cc1. The van der Waals surface area contributed by atoms with Crippen LogP contribution in [0, 0.1) is 5.92 Å². The number of hydrogen-bond donors (Lipinski definition) is 0. The summed E-state index contributed by atoms with van der Waals surface area (Å²) in [4.78, 5) is 5.10. The first-order valence-corrected chi connectivity index (χ1v) is 13.2. The van der Waals surface area contributed by atoms with Crippen LogP contribution in [0.1, 0.15) is 49.8 Å². The number of anilines is 1. The molecule has 2 fully saturated rings. The van der Waals surface area contributed by atoms with Crippen molar-refractivity contribution in [1.29, 1.82) is 0 Å². The number of methoxy groups -OCH3 is 1. The predicted octanol–water partition coefficient (Wildman–Crippen LogP) is 6.98. The first kappa shape index (κ1) is 23.7. The van der Waals surface area contributed by atoms with Crippen LogP contribution in [0.3, 0.4) is 0 Å². The Balaban J connectivity index is 1.54. The molecule has 1 aliphatic heterocycles. The molecule has 3 nitrogen and oxygen atoms in total. The van der Waals surface area contributed by atoms with Crippen LogP contribution in [0.15, 0.2) is 78.9 Å². The van der Waals surface area contributed by atoms with Crippen molar-refractivity contribution in [1.82, 2.24) is 4.90 Å². The Bertz CT molecular complexity index is 1120. The van der Waals surface area contributed by atoms with E-state index < -0.39 is 0 Å². The summed E-state index contributed by atoms with van der Waals surface area (Å²) in [6.07, 6.45) is 3.85. The maximum absolute atomic E-state index is 5.46. The molecule has 1 heterocycles. The van der Waals surface area contributed by atoms with Crippen LogP contribution in [0.2, 0.25) is 0 Å². The van der Waals surface area contributed by atoms with Crippen molar-refractivity contribution in [3.8, 4) is 5.75 Å². The molecule has 0 atom stereocenters. The average molecular weight is 467 g/mol.